The van der Waals surface area contributed by atoms with Crippen LogP contribution in [0.5, 0.6) is 0 Å². The Kier molecular flexibility index (Phi) is 5.52. The topological polar surface area (TPSA) is 25.2 Å². The zero-order valence-electron chi connectivity index (χ0n) is 11.4. The van der Waals surface area contributed by atoms with Crippen LogP contribution in [0.25, 0.3) is 0 Å². The fourth-order valence-electron chi connectivity index (χ4n) is 2.26. The van der Waals surface area contributed by atoms with E-state index < -0.39 is 0 Å². The second-order valence-electron chi connectivity index (χ2n) is 4.87. The second kappa shape index (κ2) is 6.92. The van der Waals surface area contributed by atoms with Crippen LogP contribution in [0.3, 0.4) is 0 Å². The summed E-state index contributed by atoms with van der Waals surface area (Å²) < 4.78 is 5.49. The monoisotopic (exact) mass is 285 g/mol. The summed E-state index contributed by atoms with van der Waals surface area (Å²) in [5.74, 6) is 2.34. The highest BCUT2D eigenvalue weighted by atomic mass is 32.2. The lowest BCUT2D eigenvalue weighted by atomic mass is 10.1. The van der Waals surface area contributed by atoms with E-state index in [0.29, 0.717) is 11.3 Å². The second-order valence-corrected chi connectivity index (χ2v) is 7.90. The number of hydrogen-bond acceptors (Lipinski definition) is 4. The number of likely N-dealkylation sites (N-methyl/N-ethyl adjacent to an activating group) is 1. The number of rotatable bonds is 5. The zero-order chi connectivity index (χ0) is 13.0. The molecule has 0 saturated carbocycles. The van der Waals surface area contributed by atoms with Gasteiger partial charge in [0.05, 0.1) is 6.26 Å². The molecule has 2 heterocycles. The van der Waals surface area contributed by atoms with Crippen molar-refractivity contribution in [3.63, 3.8) is 0 Å². The lowest BCUT2D eigenvalue weighted by Crippen LogP contribution is -2.44. The molecule has 1 aliphatic rings. The van der Waals surface area contributed by atoms with Gasteiger partial charge in [-0.2, -0.15) is 23.5 Å². The zero-order valence-corrected chi connectivity index (χ0v) is 13.0. The van der Waals surface area contributed by atoms with E-state index >= 15 is 0 Å². The molecule has 1 aromatic rings. The van der Waals surface area contributed by atoms with Crippen molar-refractivity contribution in [2.75, 3.05) is 12.3 Å². The molecule has 0 radical (unpaired) electrons. The van der Waals surface area contributed by atoms with Crippen LogP contribution in [0.4, 0.5) is 0 Å². The fourth-order valence-corrected chi connectivity index (χ4v) is 5.39. The number of thioether (sulfide) groups is 2. The number of furan rings is 1. The molecular weight excluding hydrogens is 262 g/mol. The van der Waals surface area contributed by atoms with Crippen LogP contribution in [0.1, 0.15) is 26.5 Å². The quantitative estimate of drug-likeness (QED) is 0.896. The molecule has 102 valence electrons. The Morgan fingerprint density at radius 3 is 2.89 bits per heavy atom. The standard InChI is InChI=1S/C14H23NOS2/c1-4-15-13(8-12-6-5-7-16-12)14-9-17-10(2)11(3)18-14/h5-7,10-11,13-15H,4,8-9H2,1-3H3. The molecule has 2 nitrogen and oxygen atoms in total. The molecule has 4 heteroatoms. The Balaban J connectivity index is 1.96. The van der Waals surface area contributed by atoms with E-state index in [9.17, 15) is 0 Å². The fraction of sp³-hybridized carbons (Fsp3) is 0.714. The van der Waals surface area contributed by atoms with Crippen LogP contribution >= 0.6 is 23.5 Å². The van der Waals surface area contributed by atoms with Gasteiger partial charge in [0.2, 0.25) is 0 Å². The van der Waals surface area contributed by atoms with Crippen molar-refractivity contribution in [2.24, 2.45) is 0 Å². The molecule has 0 amide bonds. The molecule has 0 spiro atoms. The van der Waals surface area contributed by atoms with Gasteiger partial charge < -0.3 is 9.73 Å². The van der Waals surface area contributed by atoms with Crippen molar-refractivity contribution in [1.29, 1.82) is 0 Å². The van der Waals surface area contributed by atoms with Crippen LogP contribution in [0.15, 0.2) is 22.8 Å². The maximum atomic E-state index is 5.49. The van der Waals surface area contributed by atoms with E-state index in [1.807, 2.05) is 6.07 Å². The largest absolute Gasteiger partial charge is 0.469 e. The van der Waals surface area contributed by atoms with E-state index in [1.165, 1.54) is 5.75 Å². The average molecular weight is 285 g/mol. The first-order chi connectivity index (χ1) is 8.70. The van der Waals surface area contributed by atoms with Gasteiger partial charge in [-0.1, -0.05) is 20.8 Å². The molecular formula is C14H23NOS2. The van der Waals surface area contributed by atoms with Gasteiger partial charge in [-0.3, -0.25) is 0 Å². The van der Waals surface area contributed by atoms with Gasteiger partial charge in [0, 0.05) is 34.0 Å². The lowest BCUT2D eigenvalue weighted by molar-refractivity contribution is 0.444. The van der Waals surface area contributed by atoms with Gasteiger partial charge in [0.1, 0.15) is 5.76 Å². The van der Waals surface area contributed by atoms with E-state index in [1.54, 1.807) is 6.26 Å². The summed E-state index contributed by atoms with van der Waals surface area (Å²) >= 11 is 4.25. The minimum atomic E-state index is 0.522. The van der Waals surface area contributed by atoms with Gasteiger partial charge in [-0.15, -0.1) is 0 Å². The van der Waals surface area contributed by atoms with Crippen molar-refractivity contribution >= 4 is 23.5 Å². The van der Waals surface area contributed by atoms with Crippen molar-refractivity contribution in [1.82, 2.24) is 5.32 Å². The highest BCUT2D eigenvalue weighted by molar-refractivity contribution is 8.07. The molecule has 1 aromatic heterocycles. The molecule has 1 saturated heterocycles. The van der Waals surface area contributed by atoms with Gasteiger partial charge in [-0.05, 0) is 18.7 Å². The smallest absolute Gasteiger partial charge is 0.105 e. The van der Waals surface area contributed by atoms with Crippen LogP contribution in [0, 0.1) is 0 Å². The van der Waals surface area contributed by atoms with E-state index in [2.05, 4.69) is 55.7 Å². The van der Waals surface area contributed by atoms with Crippen molar-refractivity contribution in [3.05, 3.63) is 24.2 Å². The van der Waals surface area contributed by atoms with Gasteiger partial charge in [0.15, 0.2) is 0 Å². The molecule has 4 atom stereocenters. The first kappa shape index (κ1) is 14.4. The molecule has 0 bridgehead atoms. The normalized spacial score (nSPS) is 30.3. The Bertz CT molecular complexity index is 342. The third-order valence-electron chi connectivity index (χ3n) is 3.49. The Hall–Kier alpha value is -0.0600. The summed E-state index contributed by atoms with van der Waals surface area (Å²) in [6.07, 6.45) is 2.77. The maximum Gasteiger partial charge on any atom is 0.105 e. The average Bonchev–Trinajstić information content (AvgIpc) is 2.85. The third kappa shape index (κ3) is 3.72. The number of nitrogens with one attached hydrogen (secondary N) is 1. The molecule has 18 heavy (non-hydrogen) atoms. The highest BCUT2D eigenvalue weighted by Gasteiger charge is 2.31. The predicted molar refractivity (Wildman–Crippen MR) is 82.6 cm³/mol. The summed E-state index contributed by atoms with van der Waals surface area (Å²) in [6.45, 7) is 7.90. The first-order valence-electron chi connectivity index (χ1n) is 6.73. The lowest BCUT2D eigenvalue weighted by Gasteiger charge is -2.36. The van der Waals surface area contributed by atoms with Crippen molar-refractivity contribution in [2.45, 2.75) is 49.0 Å². The Labute approximate surface area is 119 Å². The predicted octanol–water partition coefficient (Wildman–Crippen LogP) is 3.43. The maximum absolute atomic E-state index is 5.49. The minimum absolute atomic E-state index is 0.522. The highest BCUT2D eigenvalue weighted by Crippen LogP contribution is 2.37. The molecule has 2 rings (SSSR count). The first-order valence-corrected chi connectivity index (χ1v) is 8.72. The van der Waals surface area contributed by atoms with Crippen LogP contribution < -0.4 is 5.32 Å². The summed E-state index contributed by atoms with van der Waals surface area (Å²) in [7, 11) is 0. The molecule has 1 aliphatic heterocycles. The third-order valence-corrected chi connectivity index (χ3v) is 7.04. The van der Waals surface area contributed by atoms with Crippen LogP contribution in [-0.4, -0.2) is 34.1 Å². The minimum Gasteiger partial charge on any atom is -0.469 e. The molecule has 0 aromatic carbocycles. The molecule has 0 aliphatic carbocycles. The van der Waals surface area contributed by atoms with Crippen LogP contribution in [-0.2, 0) is 6.42 Å². The summed E-state index contributed by atoms with van der Waals surface area (Å²) in [6, 6.07) is 4.58. The number of hydrogen-bond donors (Lipinski definition) is 1. The van der Waals surface area contributed by atoms with Gasteiger partial charge in [0.25, 0.3) is 0 Å². The summed E-state index contributed by atoms with van der Waals surface area (Å²) in [4.78, 5) is 0. The molecule has 1 fully saturated rings. The molecule has 4 unspecified atom stereocenters. The van der Waals surface area contributed by atoms with E-state index in [-0.39, 0.29) is 0 Å². The van der Waals surface area contributed by atoms with Gasteiger partial charge in [-0.25, -0.2) is 0 Å². The Morgan fingerprint density at radius 2 is 2.28 bits per heavy atom. The van der Waals surface area contributed by atoms with Crippen molar-refractivity contribution in [3.8, 4) is 0 Å². The van der Waals surface area contributed by atoms with Gasteiger partial charge >= 0.3 is 0 Å². The van der Waals surface area contributed by atoms with Crippen molar-refractivity contribution < 1.29 is 4.42 Å². The summed E-state index contributed by atoms with van der Waals surface area (Å²) in [5, 5.41) is 5.84. The summed E-state index contributed by atoms with van der Waals surface area (Å²) in [5.41, 5.74) is 0. The van der Waals surface area contributed by atoms with E-state index in [0.717, 1.165) is 29.2 Å². The SMILES string of the molecule is CCNC(Cc1ccco1)C1CSC(C)C(C)S1. The molecule has 1 N–H and O–H groups in total. The Morgan fingerprint density at radius 1 is 1.44 bits per heavy atom. The van der Waals surface area contributed by atoms with E-state index in [4.69, 9.17) is 4.42 Å². The van der Waals surface area contributed by atoms with Crippen LogP contribution in [0.2, 0.25) is 0 Å².